The fourth-order valence-electron chi connectivity index (χ4n) is 2.94. The van der Waals surface area contributed by atoms with Gasteiger partial charge in [0.2, 0.25) is 11.8 Å². The van der Waals surface area contributed by atoms with Crippen molar-refractivity contribution in [2.45, 2.75) is 13.3 Å². The summed E-state index contributed by atoms with van der Waals surface area (Å²) in [6.07, 6.45) is -2.54. The molecule has 2 aromatic carbocycles. The molecule has 0 radical (unpaired) electrons. The molecule has 1 aliphatic rings. The lowest BCUT2D eigenvalue weighted by Gasteiger charge is -2.20. The van der Waals surface area contributed by atoms with Gasteiger partial charge in [-0.3, -0.25) is 9.59 Å². The van der Waals surface area contributed by atoms with Crippen LogP contribution in [0.1, 0.15) is 12.5 Å². The molecule has 1 heterocycles. The SMILES string of the molecule is CCN(CC(=O)Nc1ccc2c(c1)OCCO2)C(=O)/C=C/c1ccccc1OC(F)(F)F. The van der Waals surface area contributed by atoms with Crippen LogP contribution in [0.15, 0.2) is 48.5 Å². The summed E-state index contributed by atoms with van der Waals surface area (Å²) in [6.45, 7) is 2.52. The summed E-state index contributed by atoms with van der Waals surface area (Å²) in [5.41, 5.74) is 0.562. The Labute approximate surface area is 182 Å². The monoisotopic (exact) mass is 450 g/mol. The Morgan fingerprint density at radius 3 is 2.56 bits per heavy atom. The molecule has 3 rings (SSSR count). The van der Waals surface area contributed by atoms with E-state index < -0.39 is 23.9 Å². The maximum absolute atomic E-state index is 12.5. The second-order valence-corrected chi connectivity index (χ2v) is 6.68. The average Bonchev–Trinajstić information content (AvgIpc) is 2.75. The van der Waals surface area contributed by atoms with Crippen LogP contribution in [0.3, 0.4) is 0 Å². The molecular weight excluding hydrogens is 429 g/mol. The summed E-state index contributed by atoms with van der Waals surface area (Å²) in [5.74, 6) is -0.305. The number of ether oxygens (including phenoxy) is 3. The molecule has 170 valence electrons. The first-order chi connectivity index (χ1) is 15.2. The van der Waals surface area contributed by atoms with Gasteiger partial charge in [0.1, 0.15) is 25.5 Å². The van der Waals surface area contributed by atoms with Crippen molar-refractivity contribution in [3.63, 3.8) is 0 Å². The summed E-state index contributed by atoms with van der Waals surface area (Å²) in [5, 5.41) is 2.68. The van der Waals surface area contributed by atoms with Crippen molar-refractivity contribution in [3.8, 4) is 17.2 Å². The number of amides is 2. The van der Waals surface area contributed by atoms with Gasteiger partial charge < -0.3 is 24.4 Å². The van der Waals surface area contributed by atoms with E-state index in [4.69, 9.17) is 9.47 Å². The minimum atomic E-state index is -4.85. The molecule has 1 N–H and O–H groups in total. The molecule has 2 amide bonds. The number of carbonyl (C=O) groups excluding carboxylic acids is 2. The van der Waals surface area contributed by atoms with Gasteiger partial charge in [-0.15, -0.1) is 13.2 Å². The Balaban J connectivity index is 1.62. The van der Waals surface area contributed by atoms with Crippen molar-refractivity contribution in [2.75, 3.05) is 31.6 Å². The smallest absolute Gasteiger partial charge is 0.486 e. The highest BCUT2D eigenvalue weighted by Crippen LogP contribution is 2.32. The van der Waals surface area contributed by atoms with Crippen molar-refractivity contribution in [3.05, 3.63) is 54.1 Å². The highest BCUT2D eigenvalue weighted by molar-refractivity contribution is 5.98. The summed E-state index contributed by atoms with van der Waals surface area (Å²) >= 11 is 0. The van der Waals surface area contributed by atoms with Gasteiger partial charge in [-0.1, -0.05) is 18.2 Å². The van der Waals surface area contributed by atoms with Gasteiger partial charge in [0, 0.05) is 29.9 Å². The molecule has 2 aromatic rings. The quantitative estimate of drug-likeness (QED) is 0.649. The Bertz CT molecular complexity index is 1010. The maximum atomic E-state index is 12.5. The Hall–Kier alpha value is -3.69. The molecule has 0 spiro atoms. The first kappa shape index (κ1) is 23.0. The molecule has 0 fully saturated rings. The zero-order valence-corrected chi connectivity index (χ0v) is 17.1. The number of nitrogens with one attached hydrogen (secondary N) is 1. The molecular formula is C22H21F3N2O5. The lowest BCUT2D eigenvalue weighted by molar-refractivity contribution is -0.274. The fourth-order valence-corrected chi connectivity index (χ4v) is 2.94. The van der Waals surface area contributed by atoms with Gasteiger partial charge in [-0.05, 0) is 31.2 Å². The minimum Gasteiger partial charge on any atom is -0.486 e. The van der Waals surface area contributed by atoms with E-state index in [1.165, 1.54) is 29.2 Å². The summed E-state index contributed by atoms with van der Waals surface area (Å²) < 4.78 is 52.5. The Morgan fingerprint density at radius 1 is 1.12 bits per heavy atom. The molecule has 0 bridgehead atoms. The van der Waals surface area contributed by atoms with Crippen LogP contribution in [0.5, 0.6) is 17.2 Å². The third kappa shape index (κ3) is 6.40. The van der Waals surface area contributed by atoms with Crippen LogP contribution < -0.4 is 19.5 Å². The van der Waals surface area contributed by atoms with E-state index in [0.717, 1.165) is 12.1 Å². The maximum Gasteiger partial charge on any atom is 0.573 e. The standard InChI is InChI=1S/C22H21F3N2O5/c1-2-27(14-20(28)26-16-8-9-18-19(13-16)31-12-11-30-18)21(29)10-7-15-5-3-4-6-17(15)32-22(23,24)25/h3-10,13H,2,11-12,14H2,1H3,(H,26,28)/b10-7+. The normalized spacial score (nSPS) is 13.0. The molecule has 0 unspecified atom stereocenters. The number of hydrogen-bond donors (Lipinski definition) is 1. The molecule has 32 heavy (non-hydrogen) atoms. The third-order valence-corrected chi connectivity index (χ3v) is 4.40. The van der Waals surface area contributed by atoms with E-state index in [2.05, 4.69) is 10.1 Å². The van der Waals surface area contributed by atoms with Crippen molar-refractivity contribution in [1.29, 1.82) is 0 Å². The van der Waals surface area contributed by atoms with Gasteiger partial charge in [-0.2, -0.15) is 0 Å². The summed E-state index contributed by atoms with van der Waals surface area (Å²) in [6, 6.07) is 10.4. The number of likely N-dealkylation sites (N-methyl/N-ethyl adjacent to an activating group) is 1. The predicted molar refractivity (Wildman–Crippen MR) is 110 cm³/mol. The average molecular weight is 450 g/mol. The van der Waals surface area contributed by atoms with E-state index in [9.17, 15) is 22.8 Å². The van der Waals surface area contributed by atoms with Crippen LogP contribution in [-0.2, 0) is 9.59 Å². The molecule has 0 saturated carbocycles. The number of halogens is 3. The van der Waals surface area contributed by atoms with Crippen molar-refractivity contribution < 1.29 is 37.0 Å². The van der Waals surface area contributed by atoms with Crippen molar-refractivity contribution >= 4 is 23.6 Å². The number of anilines is 1. The van der Waals surface area contributed by atoms with Crippen LogP contribution in [0.4, 0.5) is 18.9 Å². The van der Waals surface area contributed by atoms with Gasteiger partial charge in [0.15, 0.2) is 11.5 Å². The van der Waals surface area contributed by atoms with E-state index >= 15 is 0 Å². The second-order valence-electron chi connectivity index (χ2n) is 6.68. The number of rotatable bonds is 7. The molecule has 0 aliphatic carbocycles. The lowest BCUT2D eigenvalue weighted by atomic mass is 10.2. The second kappa shape index (κ2) is 10.1. The molecule has 7 nitrogen and oxygen atoms in total. The number of fused-ring (bicyclic) bond motifs is 1. The topological polar surface area (TPSA) is 77.1 Å². The van der Waals surface area contributed by atoms with E-state index in [0.29, 0.717) is 30.4 Å². The van der Waals surface area contributed by atoms with E-state index in [1.807, 2.05) is 0 Å². The highest BCUT2D eigenvalue weighted by atomic mass is 19.4. The predicted octanol–water partition coefficient (Wildman–Crippen LogP) is 3.86. The van der Waals surface area contributed by atoms with Crippen LogP contribution in [-0.4, -0.2) is 49.4 Å². The van der Waals surface area contributed by atoms with Gasteiger partial charge >= 0.3 is 6.36 Å². The molecule has 0 aromatic heterocycles. The molecule has 0 saturated heterocycles. The molecule has 10 heteroatoms. The largest absolute Gasteiger partial charge is 0.573 e. The fraction of sp³-hybridized carbons (Fsp3) is 0.273. The minimum absolute atomic E-state index is 0.0787. The first-order valence-corrected chi connectivity index (χ1v) is 9.76. The highest BCUT2D eigenvalue weighted by Gasteiger charge is 2.31. The number of nitrogens with zero attached hydrogens (tertiary/aromatic N) is 1. The third-order valence-electron chi connectivity index (χ3n) is 4.40. The van der Waals surface area contributed by atoms with Crippen LogP contribution in [0, 0.1) is 0 Å². The number of para-hydroxylation sites is 1. The number of carbonyl (C=O) groups is 2. The lowest BCUT2D eigenvalue weighted by Crippen LogP contribution is -2.36. The van der Waals surface area contributed by atoms with Crippen LogP contribution in [0.2, 0.25) is 0 Å². The Morgan fingerprint density at radius 2 is 1.84 bits per heavy atom. The van der Waals surface area contributed by atoms with Gasteiger partial charge in [0.05, 0.1) is 0 Å². The number of alkyl halides is 3. The summed E-state index contributed by atoms with van der Waals surface area (Å²) in [7, 11) is 0. The number of benzene rings is 2. The van der Waals surface area contributed by atoms with Crippen molar-refractivity contribution in [1.82, 2.24) is 4.90 Å². The molecule has 1 aliphatic heterocycles. The van der Waals surface area contributed by atoms with E-state index in [1.54, 1.807) is 25.1 Å². The van der Waals surface area contributed by atoms with Crippen LogP contribution >= 0.6 is 0 Å². The Kier molecular flexibility index (Phi) is 7.24. The summed E-state index contributed by atoms with van der Waals surface area (Å²) in [4.78, 5) is 26.1. The van der Waals surface area contributed by atoms with Gasteiger partial charge in [0.25, 0.3) is 0 Å². The van der Waals surface area contributed by atoms with Crippen LogP contribution in [0.25, 0.3) is 6.08 Å². The molecule has 0 atom stereocenters. The van der Waals surface area contributed by atoms with Gasteiger partial charge in [-0.25, -0.2) is 0 Å². The zero-order valence-electron chi connectivity index (χ0n) is 17.1. The first-order valence-electron chi connectivity index (χ1n) is 9.76. The zero-order chi connectivity index (χ0) is 23.1. The van der Waals surface area contributed by atoms with Crippen molar-refractivity contribution in [2.24, 2.45) is 0 Å². The number of hydrogen-bond acceptors (Lipinski definition) is 5. The van der Waals surface area contributed by atoms with E-state index in [-0.39, 0.29) is 18.7 Å².